The van der Waals surface area contributed by atoms with Crippen molar-refractivity contribution in [1.29, 1.82) is 0 Å². The molecule has 2 aromatic rings. The number of piperazine rings is 1. The van der Waals surface area contributed by atoms with Crippen LogP contribution < -0.4 is 22.5 Å². The number of rotatable bonds is 5. The molecule has 11 nitrogen and oxygen atoms in total. The number of hydrogen-bond donors (Lipinski definition) is 3. The standard InChI is InChI=1S/C26H36N8O3.ClH/c1-16-12-32(23(35)26(2,3)28)10-11-33(16)24(36)29-21-8-9-34(25(37)30-21)18-6-4-17(5-7-18)13-31-14-19-20(15-31)22(19)27;/h4-9,16,19-20,22H,10-15,27-28H2,1-3H3,(H,29,30,36,37);1H/t16-,19?,20?,22?;/m0./s1. The summed E-state index contributed by atoms with van der Waals surface area (Å²) in [6.45, 7) is 9.37. The Morgan fingerprint density at radius 2 is 1.74 bits per heavy atom. The number of nitrogens with zero attached hydrogens (tertiary/aromatic N) is 5. The highest BCUT2D eigenvalue weighted by molar-refractivity contribution is 5.89. The summed E-state index contributed by atoms with van der Waals surface area (Å²) in [6, 6.07) is 9.29. The molecule has 0 bridgehead atoms. The van der Waals surface area contributed by atoms with Crippen LogP contribution in [0, 0.1) is 11.8 Å². The van der Waals surface area contributed by atoms with Gasteiger partial charge in [-0.1, -0.05) is 12.1 Å². The summed E-state index contributed by atoms with van der Waals surface area (Å²) >= 11 is 0. The van der Waals surface area contributed by atoms with E-state index >= 15 is 0 Å². The summed E-state index contributed by atoms with van der Waals surface area (Å²) in [7, 11) is 0. The number of piperidine rings is 1. The van der Waals surface area contributed by atoms with Crippen LogP contribution in [0.3, 0.4) is 0 Å². The van der Waals surface area contributed by atoms with Crippen LogP contribution in [0.25, 0.3) is 5.69 Å². The van der Waals surface area contributed by atoms with Crippen LogP contribution in [-0.4, -0.2) is 86.5 Å². The molecule has 3 aliphatic rings. The van der Waals surface area contributed by atoms with Crippen molar-refractivity contribution >= 4 is 30.2 Å². The molecule has 1 aromatic heterocycles. The first-order valence-corrected chi connectivity index (χ1v) is 12.8. The molecule has 1 saturated carbocycles. The summed E-state index contributed by atoms with van der Waals surface area (Å²) in [5.41, 5.74) is 12.4. The smallest absolute Gasteiger partial charge is 0.337 e. The maximum atomic E-state index is 12.9. The predicted octanol–water partition coefficient (Wildman–Crippen LogP) is 0.845. The first-order valence-electron chi connectivity index (χ1n) is 12.8. The summed E-state index contributed by atoms with van der Waals surface area (Å²) in [5.74, 6) is 1.35. The molecule has 0 spiro atoms. The number of likely N-dealkylation sites (tertiary alicyclic amines) is 1. The van der Waals surface area contributed by atoms with Gasteiger partial charge in [0.05, 0.1) is 11.2 Å². The van der Waals surface area contributed by atoms with Gasteiger partial charge in [-0.15, -0.1) is 12.4 Å². The Labute approximate surface area is 228 Å². The summed E-state index contributed by atoms with van der Waals surface area (Å²) < 4.78 is 1.45. The largest absolute Gasteiger partial charge is 0.354 e. The number of amides is 3. The molecule has 0 radical (unpaired) electrons. The number of benzene rings is 1. The zero-order chi connectivity index (χ0) is 26.5. The van der Waals surface area contributed by atoms with Gasteiger partial charge in [0.1, 0.15) is 5.82 Å². The Morgan fingerprint density at radius 1 is 1.08 bits per heavy atom. The van der Waals surface area contributed by atoms with E-state index in [9.17, 15) is 14.4 Å². The third-order valence-corrected chi connectivity index (χ3v) is 7.72. The fourth-order valence-corrected chi connectivity index (χ4v) is 5.51. The number of anilines is 1. The van der Waals surface area contributed by atoms with Crippen molar-refractivity contribution in [3.05, 3.63) is 52.6 Å². The van der Waals surface area contributed by atoms with E-state index in [0.717, 1.165) is 19.6 Å². The molecule has 3 atom stereocenters. The van der Waals surface area contributed by atoms with Gasteiger partial charge in [0.15, 0.2) is 0 Å². The molecule has 2 saturated heterocycles. The Balaban J connectivity index is 0.00000336. The molecule has 5 N–H and O–H groups in total. The average Bonchev–Trinajstić information content (AvgIpc) is 3.23. The second kappa shape index (κ2) is 10.6. The van der Waals surface area contributed by atoms with Gasteiger partial charge >= 0.3 is 11.7 Å². The maximum Gasteiger partial charge on any atom is 0.354 e. The maximum absolute atomic E-state index is 12.9. The van der Waals surface area contributed by atoms with Gasteiger partial charge in [0.2, 0.25) is 5.91 Å². The molecule has 2 unspecified atom stereocenters. The number of halogens is 1. The molecule has 3 fully saturated rings. The number of carbonyl (C=O) groups is 2. The highest BCUT2D eigenvalue weighted by Gasteiger charge is 2.53. The number of nitrogens with one attached hydrogen (secondary N) is 1. The first-order chi connectivity index (χ1) is 17.5. The summed E-state index contributed by atoms with van der Waals surface area (Å²) in [6.07, 6.45) is 1.61. The molecule has 38 heavy (non-hydrogen) atoms. The van der Waals surface area contributed by atoms with E-state index in [1.807, 2.05) is 31.2 Å². The second-order valence-corrected chi connectivity index (χ2v) is 11.2. The van der Waals surface area contributed by atoms with E-state index in [0.29, 0.717) is 43.2 Å². The molecule has 12 heteroatoms. The van der Waals surface area contributed by atoms with Gasteiger partial charge < -0.3 is 21.3 Å². The van der Waals surface area contributed by atoms with Crippen LogP contribution in [-0.2, 0) is 11.3 Å². The normalized spacial score (nSPS) is 25.0. The lowest BCUT2D eigenvalue weighted by Gasteiger charge is -2.41. The van der Waals surface area contributed by atoms with E-state index in [4.69, 9.17) is 11.5 Å². The number of hydrogen-bond acceptors (Lipinski definition) is 7. The third-order valence-electron chi connectivity index (χ3n) is 7.72. The van der Waals surface area contributed by atoms with Gasteiger partial charge in [0, 0.05) is 57.5 Å². The minimum atomic E-state index is -0.957. The quantitative estimate of drug-likeness (QED) is 0.506. The Morgan fingerprint density at radius 3 is 2.32 bits per heavy atom. The molecule has 2 aliphatic heterocycles. The number of carbonyl (C=O) groups excluding carboxylic acids is 2. The summed E-state index contributed by atoms with van der Waals surface area (Å²) in [4.78, 5) is 47.9. The van der Waals surface area contributed by atoms with E-state index in [-0.39, 0.29) is 36.2 Å². The fourth-order valence-electron chi connectivity index (χ4n) is 5.51. The Hall–Kier alpha value is -2.99. The number of aromatic nitrogens is 2. The molecule has 1 aromatic carbocycles. The SMILES string of the molecule is C[C@H]1CN(C(=O)C(C)(C)N)CCN1C(=O)Nc1ccn(-c2ccc(CN3CC4C(N)C4C3)cc2)c(=O)n1.Cl. The van der Waals surface area contributed by atoms with E-state index < -0.39 is 11.2 Å². The van der Waals surface area contributed by atoms with Crippen LogP contribution >= 0.6 is 12.4 Å². The number of urea groups is 1. The molecule has 3 amide bonds. The minimum absolute atomic E-state index is 0. The lowest BCUT2D eigenvalue weighted by atomic mass is 10.0. The highest BCUT2D eigenvalue weighted by Crippen LogP contribution is 2.44. The topological polar surface area (TPSA) is 143 Å². The molecule has 1 aliphatic carbocycles. The third kappa shape index (κ3) is 5.70. The molecule has 3 heterocycles. The van der Waals surface area contributed by atoms with Crippen LogP contribution in [0.15, 0.2) is 41.3 Å². The van der Waals surface area contributed by atoms with E-state index in [1.54, 1.807) is 35.9 Å². The predicted molar refractivity (Wildman–Crippen MR) is 147 cm³/mol. The summed E-state index contributed by atoms with van der Waals surface area (Å²) in [5, 5.41) is 2.72. The first kappa shape index (κ1) is 28.0. The van der Waals surface area contributed by atoms with Gasteiger partial charge in [-0.2, -0.15) is 4.98 Å². The number of nitrogens with two attached hydrogens (primary N) is 2. The van der Waals surface area contributed by atoms with E-state index in [1.165, 1.54) is 10.1 Å². The van der Waals surface area contributed by atoms with Crippen molar-refractivity contribution < 1.29 is 9.59 Å². The zero-order valence-corrected chi connectivity index (χ0v) is 22.9. The molecular formula is C26H37ClN8O3. The molecule has 206 valence electrons. The van der Waals surface area contributed by atoms with Gasteiger partial charge in [0.25, 0.3) is 0 Å². The molecule has 5 rings (SSSR count). The van der Waals surface area contributed by atoms with Crippen LogP contribution in [0.1, 0.15) is 26.3 Å². The number of fused-ring (bicyclic) bond motifs is 1. The monoisotopic (exact) mass is 544 g/mol. The lowest BCUT2D eigenvalue weighted by Crippen LogP contribution is -2.61. The average molecular weight is 545 g/mol. The van der Waals surface area contributed by atoms with Gasteiger partial charge in [-0.3, -0.25) is 19.6 Å². The van der Waals surface area contributed by atoms with E-state index in [2.05, 4.69) is 15.2 Å². The lowest BCUT2D eigenvalue weighted by molar-refractivity contribution is -0.138. The highest BCUT2D eigenvalue weighted by atomic mass is 35.5. The fraction of sp³-hybridized carbons (Fsp3) is 0.538. The van der Waals surface area contributed by atoms with Crippen LogP contribution in [0.5, 0.6) is 0 Å². The van der Waals surface area contributed by atoms with Crippen LogP contribution in [0.4, 0.5) is 10.6 Å². The van der Waals surface area contributed by atoms with Crippen molar-refractivity contribution in [3.63, 3.8) is 0 Å². The van der Waals surface area contributed by atoms with Gasteiger partial charge in [-0.25, -0.2) is 9.59 Å². The van der Waals surface area contributed by atoms with Crippen LogP contribution in [0.2, 0.25) is 0 Å². The Bertz CT molecular complexity index is 1230. The Kier molecular flexibility index (Phi) is 7.85. The zero-order valence-electron chi connectivity index (χ0n) is 22.0. The van der Waals surface area contributed by atoms with Crippen molar-refractivity contribution in [2.75, 3.05) is 38.0 Å². The van der Waals surface area contributed by atoms with Crippen molar-refractivity contribution in [1.82, 2.24) is 24.3 Å². The minimum Gasteiger partial charge on any atom is -0.337 e. The van der Waals surface area contributed by atoms with Crippen molar-refractivity contribution in [3.8, 4) is 5.69 Å². The van der Waals surface area contributed by atoms with Crippen molar-refractivity contribution in [2.45, 2.75) is 44.9 Å². The van der Waals surface area contributed by atoms with Crippen molar-refractivity contribution in [2.24, 2.45) is 23.3 Å². The molecular weight excluding hydrogens is 508 g/mol. The van der Waals surface area contributed by atoms with Gasteiger partial charge in [-0.05, 0) is 56.4 Å². The second-order valence-electron chi connectivity index (χ2n) is 11.2.